The monoisotopic (exact) mass is 495 g/mol. The molecule has 0 N–H and O–H groups in total. The van der Waals surface area contributed by atoms with E-state index < -0.39 is 11.2 Å². The second-order valence-electron chi connectivity index (χ2n) is 7.72. The summed E-state index contributed by atoms with van der Waals surface area (Å²) < 4.78 is 17.1. The van der Waals surface area contributed by atoms with Crippen molar-refractivity contribution in [1.29, 1.82) is 0 Å². The highest BCUT2D eigenvalue weighted by Crippen LogP contribution is 2.47. The van der Waals surface area contributed by atoms with Crippen LogP contribution in [0.3, 0.4) is 0 Å². The molecular formula is C23H21N5O6S. The molecule has 0 spiro atoms. The van der Waals surface area contributed by atoms with E-state index in [-0.39, 0.29) is 42.0 Å². The van der Waals surface area contributed by atoms with Crippen molar-refractivity contribution in [3.05, 3.63) is 52.1 Å². The molecule has 2 aliphatic heterocycles. The van der Waals surface area contributed by atoms with Crippen LogP contribution in [0.15, 0.2) is 41.6 Å². The molecular weight excluding hydrogens is 474 g/mol. The molecule has 0 bridgehead atoms. The van der Waals surface area contributed by atoms with Gasteiger partial charge in [-0.3, -0.25) is 19.8 Å². The molecule has 12 heteroatoms. The topological polar surface area (TPSA) is 130 Å². The molecule has 0 saturated carbocycles. The fourth-order valence-electron chi connectivity index (χ4n) is 3.91. The predicted molar refractivity (Wildman–Crippen MR) is 127 cm³/mol. The number of nitrogens with zero attached hydrogens (tertiary/aromatic N) is 5. The number of aromatic nitrogens is 3. The van der Waals surface area contributed by atoms with E-state index in [1.54, 1.807) is 25.1 Å². The number of rotatable bonds is 6. The molecule has 0 radical (unpaired) electrons. The Morgan fingerprint density at radius 1 is 1.20 bits per heavy atom. The van der Waals surface area contributed by atoms with Crippen LogP contribution in [0.2, 0.25) is 0 Å². The number of benzene rings is 2. The van der Waals surface area contributed by atoms with Gasteiger partial charge in [-0.05, 0) is 18.6 Å². The number of thioether (sulfide) groups is 1. The van der Waals surface area contributed by atoms with Crippen LogP contribution in [0.5, 0.6) is 17.4 Å². The van der Waals surface area contributed by atoms with E-state index in [9.17, 15) is 14.9 Å². The second-order valence-corrected chi connectivity index (χ2v) is 8.78. The van der Waals surface area contributed by atoms with Gasteiger partial charge in [0.05, 0.1) is 22.2 Å². The number of ether oxygens (including phenoxy) is 3. The number of carbonyl (C=O) groups excluding carboxylic acids is 1. The number of para-hydroxylation sites is 1. The lowest BCUT2D eigenvalue weighted by molar-refractivity contribution is -0.386. The zero-order chi connectivity index (χ0) is 24.5. The van der Waals surface area contributed by atoms with Crippen molar-refractivity contribution in [2.75, 3.05) is 17.4 Å². The number of amides is 1. The third-order valence-corrected chi connectivity index (χ3v) is 6.55. The number of hydrogen-bond donors (Lipinski definition) is 0. The van der Waals surface area contributed by atoms with Gasteiger partial charge in [-0.2, -0.15) is 4.98 Å². The van der Waals surface area contributed by atoms with Gasteiger partial charge < -0.3 is 14.2 Å². The number of nitro benzene ring substituents is 1. The molecule has 0 fully saturated rings. The first-order valence-electron chi connectivity index (χ1n) is 11.0. The summed E-state index contributed by atoms with van der Waals surface area (Å²) in [5.74, 6) is 1.21. The van der Waals surface area contributed by atoms with Crippen LogP contribution in [0.25, 0.3) is 11.3 Å². The summed E-state index contributed by atoms with van der Waals surface area (Å²) >= 11 is 1.42. The lowest BCUT2D eigenvalue weighted by atomic mass is 10.1. The van der Waals surface area contributed by atoms with Crippen molar-refractivity contribution >= 4 is 29.0 Å². The van der Waals surface area contributed by atoms with Crippen LogP contribution >= 0.6 is 11.8 Å². The van der Waals surface area contributed by atoms with Crippen LogP contribution in [0, 0.1) is 10.1 Å². The fourth-order valence-corrected chi connectivity index (χ4v) is 4.55. The molecule has 2 aromatic carbocycles. The van der Waals surface area contributed by atoms with E-state index in [0.29, 0.717) is 27.9 Å². The third-order valence-electron chi connectivity index (χ3n) is 5.50. The van der Waals surface area contributed by atoms with Crippen molar-refractivity contribution in [3.8, 4) is 28.6 Å². The highest BCUT2D eigenvalue weighted by Gasteiger charge is 2.40. The minimum Gasteiger partial charge on any atom is -0.454 e. The largest absolute Gasteiger partial charge is 0.454 e. The van der Waals surface area contributed by atoms with Crippen LogP contribution in [-0.4, -0.2) is 38.6 Å². The molecule has 1 atom stereocenters. The van der Waals surface area contributed by atoms with E-state index in [4.69, 9.17) is 14.2 Å². The molecule has 3 heterocycles. The average Bonchev–Trinajstić information content (AvgIpc) is 3.28. The highest BCUT2D eigenvalue weighted by molar-refractivity contribution is 7.99. The molecule has 2 aliphatic rings. The lowest BCUT2D eigenvalue weighted by Gasteiger charge is -2.30. The van der Waals surface area contributed by atoms with Crippen molar-refractivity contribution in [2.24, 2.45) is 0 Å². The molecule has 11 nitrogen and oxygen atoms in total. The Morgan fingerprint density at radius 3 is 2.71 bits per heavy atom. The molecule has 35 heavy (non-hydrogen) atoms. The summed E-state index contributed by atoms with van der Waals surface area (Å²) in [6.45, 7) is 3.70. The normalized spacial score (nSPS) is 15.6. The van der Waals surface area contributed by atoms with Crippen molar-refractivity contribution < 1.29 is 23.9 Å². The van der Waals surface area contributed by atoms with Gasteiger partial charge in [-0.25, -0.2) is 0 Å². The number of anilines is 1. The molecule has 5 rings (SSSR count). The van der Waals surface area contributed by atoms with Gasteiger partial charge in [-0.15, -0.1) is 10.2 Å². The maximum absolute atomic E-state index is 13.3. The van der Waals surface area contributed by atoms with E-state index in [1.165, 1.54) is 28.8 Å². The molecule has 1 unspecified atom stereocenters. The highest BCUT2D eigenvalue weighted by atomic mass is 32.2. The van der Waals surface area contributed by atoms with Crippen molar-refractivity contribution in [3.63, 3.8) is 0 Å². The molecule has 1 aromatic heterocycles. The fraction of sp³-hybridized carbons (Fsp3) is 0.304. The van der Waals surface area contributed by atoms with Gasteiger partial charge in [0.2, 0.25) is 30.0 Å². The van der Waals surface area contributed by atoms with E-state index in [2.05, 4.69) is 15.2 Å². The van der Waals surface area contributed by atoms with Crippen LogP contribution in [0.1, 0.15) is 38.5 Å². The van der Waals surface area contributed by atoms with Gasteiger partial charge >= 0.3 is 0 Å². The quantitative estimate of drug-likeness (QED) is 0.273. The average molecular weight is 496 g/mol. The predicted octanol–water partition coefficient (Wildman–Crippen LogP) is 4.51. The molecule has 0 saturated heterocycles. The molecule has 0 aliphatic carbocycles. The maximum Gasteiger partial charge on any atom is 0.282 e. The van der Waals surface area contributed by atoms with E-state index in [0.717, 1.165) is 12.2 Å². The number of hydrogen-bond acceptors (Lipinski definition) is 10. The first-order chi connectivity index (χ1) is 17.0. The Balaban J connectivity index is 1.75. The second kappa shape index (κ2) is 9.37. The number of fused-ring (bicyclic) bond motifs is 4. The Hall–Kier alpha value is -3.93. The van der Waals surface area contributed by atoms with Gasteiger partial charge in [-0.1, -0.05) is 43.8 Å². The Bertz CT molecular complexity index is 1320. The first kappa shape index (κ1) is 22.8. The minimum atomic E-state index is -1.21. The van der Waals surface area contributed by atoms with Crippen molar-refractivity contribution in [2.45, 2.75) is 38.1 Å². The minimum absolute atomic E-state index is 0.0557. The maximum atomic E-state index is 13.3. The summed E-state index contributed by atoms with van der Waals surface area (Å²) in [6.07, 6.45) is -0.153. The van der Waals surface area contributed by atoms with Gasteiger partial charge in [0.1, 0.15) is 0 Å². The van der Waals surface area contributed by atoms with Crippen LogP contribution in [-0.2, 0) is 4.79 Å². The Morgan fingerprint density at radius 2 is 1.97 bits per heavy atom. The van der Waals surface area contributed by atoms with Crippen molar-refractivity contribution in [1.82, 2.24) is 15.2 Å². The smallest absolute Gasteiger partial charge is 0.282 e. The summed E-state index contributed by atoms with van der Waals surface area (Å²) in [7, 11) is 0. The number of nitro groups is 1. The molecule has 1 amide bonds. The zero-order valence-corrected chi connectivity index (χ0v) is 19.8. The van der Waals surface area contributed by atoms with Gasteiger partial charge in [0, 0.05) is 17.7 Å². The van der Waals surface area contributed by atoms with Gasteiger partial charge in [0.15, 0.2) is 17.2 Å². The van der Waals surface area contributed by atoms with Crippen LogP contribution < -0.4 is 19.1 Å². The summed E-state index contributed by atoms with van der Waals surface area (Å²) in [6, 6.07) is 9.89. The number of carbonyl (C=O) groups is 1. The first-order valence-corrected chi connectivity index (χ1v) is 12.0. The van der Waals surface area contributed by atoms with E-state index in [1.807, 2.05) is 13.0 Å². The SMILES string of the molecule is CCCSc1nnc2c(n1)OC(c1cc3c(cc1[N+](=O)[O-])OCO3)N(C(=O)CC)c1ccccc1-2. The lowest BCUT2D eigenvalue weighted by Crippen LogP contribution is -2.37. The van der Waals surface area contributed by atoms with Gasteiger partial charge in [0.25, 0.3) is 5.69 Å². The Kier molecular flexibility index (Phi) is 6.12. The summed E-state index contributed by atoms with van der Waals surface area (Å²) in [4.78, 5) is 30.8. The Labute approximate surface area is 204 Å². The van der Waals surface area contributed by atoms with E-state index >= 15 is 0 Å². The van der Waals surface area contributed by atoms with Crippen LogP contribution in [0.4, 0.5) is 11.4 Å². The summed E-state index contributed by atoms with van der Waals surface area (Å²) in [5.41, 5.74) is 1.28. The molecule has 180 valence electrons. The third kappa shape index (κ3) is 4.09. The standard InChI is InChI=1S/C23H21N5O6S/c1-3-9-35-23-24-21-20(25-26-23)13-7-5-6-8-15(13)27(19(29)4-2)22(34-21)14-10-17-18(33-12-32-17)11-16(14)28(30)31/h5-8,10-11,22H,3-4,9,12H2,1-2H3. The molecule has 3 aromatic rings. The summed E-state index contributed by atoms with van der Waals surface area (Å²) in [5, 5.41) is 21.1. The zero-order valence-electron chi connectivity index (χ0n) is 19.0.